The lowest BCUT2D eigenvalue weighted by molar-refractivity contribution is -0.00244. The molecule has 2 amide bonds. The third-order valence-electron chi connectivity index (χ3n) is 4.08. The molecule has 124 valence electrons. The summed E-state index contributed by atoms with van der Waals surface area (Å²) in [6.45, 7) is 3.48. The van der Waals surface area contributed by atoms with Crippen LogP contribution in [0.4, 0.5) is 4.79 Å². The van der Waals surface area contributed by atoms with Gasteiger partial charge in [0, 0.05) is 11.4 Å². The molecule has 1 saturated carbocycles. The summed E-state index contributed by atoms with van der Waals surface area (Å²) in [5.74, 6) is 0.614. The highest BCUT2D eigenvalue weighted by Gasteiger charge is 2.21. The number of ether oxygens (including phenoxy) is 1. The maximum atomic E-state index is 11.6. The fraction of sp³-hybridized carbons (Fsp3) is 0.688. The van der Waals surface area contributed by atoms with Crippen LogP contribution in [0.5, 0.6) is 0 Å². The Bertz CT molecular complexity index is 439. The quantitative estimate of drug-likeness (QED) is 0.675. The van der Waals surface area contributed by atoms with Gasteiger partial charge in [-0.1, -0.05) is 25.8 Å². The second kappa shape index (κ2) is 9.12. The van der Waals surface area contributed by atoms with Crippen molar-refractivity contribution in [3.63, 3.8) is 0 Å². The van der Waals surface area contributed by atoms with E-state index in [1.54, 1.807) is 0 Å². The minimum atomic E-state index is -0.648. The van der Waals surface area contributed by atoms with Crippen LogP contribution < -0.4 is 10.6 Å². The van der Waals surface area contributed by atoms with Crippen LogP contribution in [0.1, 0.15) is 43.6 Å². The SMILES string of the molecule is CC1CCCCC1OCCNC(=O)NCC(O)c1cccs1. The first-order valence-corrected chi connectivity index (χ1v) is 8.89. The Morgan fingerprint density at radius 2 is 2.27 bits per heavy atom. The van der Waals surface area contributed by atoms with Gasteiger partial charge < -0.3 is 20.5 Å². The summed E-state index contributed by atoms with van der Waals surface area (Å²) in [6.07, 6.45) is 4.58. The van der Waals surface area contributed by atoms with E-state index in [0.717, 1.165) is 11.3 Å². The van der Waals surface area contributed by atoms with E-state index in [9.17, 15) is 9.90 Å². The third kappa shape index (κ3) is 5.59. The predicted octanol–water partition coefficient (Wildman–Crippen LogP) is 2.68. The van der Waals surface area contributed by atoms with Crippen LogP contribution in [-0.2, 0) is 4.74 Å². The number of urea groups is 1. The van der Waals surface area contributed by atoms with Gasteiger partial charge in [0.25, 0.3) is 0 Å². The molecule has 0 radical (unpaired) electrons. The lowest BCUT2D eigenvalue weighted by atomic mass is 9.88. The molecular formula is C16H26N2O3S. The Morgan fingerprint density at radius 1 is 1.45 bits per heavy atom. The van der Waals surface area contributed by atoms with Crippen molar-refractivity contribution >= 4 is 17.4 Å². The summed E-state index contributed by atoms with van der Waals surface area (Å²) in [4.78, 5) is 12.5. The highest BCUT2D eigenvalue weighted by molar-refractivity contribution is 7.10. The van der Waals surface area contributed by atoms with Crippen molar-refractivity contribution in [2.75, 3.05) is 19.7 Å². The van der Waals surface area contributed by atoms with E-state index in [-0.39, 0.29) is 12.6 Å². The van der Waals surface area contributed by atoms with Gasteiger partial charge >= 0.3 is 6.03 Å². The van der Waals surface area contributed by atoms with Crippen LogP contribution in [-0.4, -0.2) is 36.9 Å². The summed E-state index contributed by atoms with van der Waals surface area (Å²) in [6, 6.07) is 3.47. The molecule has 5 nitrogen and oxygen atoms in total. The zero-order chi connectivity index (χ0) is 15.8. The van der Waals surface area contributed by atoms with Crippen LogP contribution in [0.2, 0.25) is 0 Å². The van der Waals surface area contributed by atoms with E-state index in [1.165, 1.54) is 30.6 Å². The highest BCUT2D eigenvalue weighted by Crippen LogP contribution is 2.25. The number of carbonyl (C=O) groups excluding carboxylic acids is 1. The Labute approximate surface area is 136 Å². The molecule has 1 heterocycles. The van der Waals surface area contributed by atoms with Gasteiger partial charge in [-0.25, -0.2) is 4.79 Å². The number of nitrogens with one attached hydrogen (secondary N) is 2. The molecular weight excluding hydrogens is 300 g/mol. The Kier molecular flexibility index (Phi) is 7.15. The van der Waals surface area contributed by atoms with E-state index >= 15 is 0 Å². The molecule has 22 heavy (non-hydrogen) atoms. The molecule has 3 N–H and O–H groups in total. The van der Waals surface area contributed by atoms with Gasteiger partial charge in [0.05, 0.1) is 19.3 Å². The molecule has 1 aliphatic rings. The summed E-state index contributed by atoms with van der Waals surface area (Å²) >= 11 is 1.48. The molecule has 1 aliphatic carbocycles. The van der Waals surface area contributed by atoms with Gasteiger partial charge in [0.1, 0.15) is 6.10 Å². The number of aliphatic hydroxyl groups excluding tert-OH is 1. The van der Waals surface area contributed by atoms with Crippen LogP contribution in [0.25, 0.3) is 0 Å². The largest absolute Gasteiger partial charge is 0.386 e. The minimum absolute atomic E-state index is 0.215. The molecule has 1 fully saturated rings. The number of aliphatic hydroxyl groups is 1. The fourth-order valence-electron chi connectivity index (χ4n) is 2.74. The Hall–Kier alpha value is -1.11. The van der Waals surface area contributed by atoms with Crippen LogP contribution in [0.15, 0.2) is 17.5 Å². The standard InChI is InChI=1S/C16H26N2O3S/c1-12-5-2-3-6-14(12)21-9-8-17-16(20)18-11-13(19)15-7-4-10-22-15/h4,7,10,12-14,19H,2-3,5-6,8-9,11H2,1H3,(H2,17,18,20). The number of rotatable bonds is 7. The summed E-state index contributed by atoms with van der Waals surface area (Å²) in [7, 11) is 0. The number of thiophene rings is 1. The van der Waals surface area contributed by atoms with E-state index in [0.29, 0.717) is 25.2 Å². The first-order chi connectivity index (χ1) is 10.7. The molecule has 0 bridgehead atoms. The zero-order valence-electron chi connectivity index (χ0n) is 13.1. The second-order valence-corrected chi connectivity index (χ2v) is 6.82. The monoisotopic (exact) mass is 326 g/mol. The summed E-state index contributed by atoms with van der Waals surface area (Å²) < 4.78 is 5.84. The van der Waals surface area contributed by atoms with E-state index in [4.69, 9.17) is 4.74 Å². The van der Waals surface area contributed by atoms with Crippen LogP contribution >= 0.6 is 11.3 Å². The molecule has 2 rings (SSSR count). The van der Waals surface area contributed by atoms with Crippen molar-refractivity contribution in [2.45, 2.75) is 44.8 Å². The molecule has 3 atom stereocenters. The predicted molar refractivity (Wildman–Crippen MR) is 88.1 cm³/mol. The van der Waals surface area contributed by atoms with Crippen molar-refractivity contribution < 1.29 is 14.6 Å². The molecule has 0 aliphatic heterocycles. The molecule has 3 unspecified atom stereocenters. The Balaban J connectivity index is 1.54. The number of carbonyl (C=O) groups is 1. The first-order valence-electron chi connectivity index (χ1n) is 8.01. The third-order valence-corrected chi connectivity index (χ3v) is 5.05. The first kappa shape index (κ1) is 17.2. The minimum Gasteiger partial charge on any atom is -0.386 e. The zero-order valence-corrected chi connectivity index (χ0v) is 13.9. The molecule has 1 aromatic heterocycles. The average Bonchev–Trinajstić information content (AvgIpc) is 3.05. The average molecular weight is 326 g/mol. The topological polar surface area (TPSA) is 70.6 Å². The molecule has 6 heteroatoms. The maximum absolute atomic E-state index is 11.6. The molecule has 0 saturated heterocycles. The van der Waals surface area contributed by atoms with Gasteiger partial charge in [0.15, 0.2) is 0 Å². The van der Waals surface area contributed by atoms with Crippen molar-refractivity contribution in [3.8, 4) is 0 Å². The molecule has 0 spiro atoms. The normalized spacial score (nSPS) is 23.0. The van der Waals surface area contributed by atoms with E-state index in [1.807, 2.05) is 17.5 Å². The highest BCUT2D eigenvalue weighted by atomic mass is 32.1. The van der Waals surface area contributed by atoms with E-state index in [2.05, 4.69) is 17.6 Å². The lowest BCUT2D eigenvalue weighted by Crippen LogP contribution is -2.40. The maximum Gasteiger partial charge on any atom is 0.314 e. The van der Waals surface area contributed by atoms with Crippen molar-refractivity contribution in [1.82, 2.24) is 10.6 Å². The molecule has 1 aromatic rings. The summed E-state index contributed by atoms with van der Waals surface area (Å²) in [5.41, 5.74) is 0. The number of amides is 2. The molecule has 0 aromatic carbocycles. The van der Waals surface area contributed by atoms with Crippen molar-refractivity contribution in [1.29, 1.82) is 0 Å². The number of hydrogen-bond donors (Lipinski definition) is 3. The van der Waals surface area contributed by atoms with Crippen molar-refractivity contribution in [2.24, 2.45) is 5.92 Å². The van der Waals surface area contributed by atoms with Gasteiger partial charge in [-0.3, -0.25) is 0 Å². The van der Waals surface area contributed by atoms with Gasteiger partial charge in [-0.05, 0) is 30.2 Å². The summed E-state index contributed by atoms with van der Waals surface area (Å²) in [5, 5.41) is 17.2. The van der Waals surface area contributed by atoms with Gasteiger partial charge in [0.2, 0.25) is 0 Å². The van der Waals surface area contributed by atoms with Gasteiger partial charge in [-0.15, -0.1) is 11.3 Å². The Morgan fingerprint density at radius 3 is 3.00 bits per heavy atom. The van der Waals surface area contributed by atoms with Crippen molar-refractivity contribution in [3.05, 3.63) is 22.4 Å². The second-order valence-electron chi connectivity index (χ2n) is 5.84. The fourth-order valence-corrected chi connectivity index (χ4v) is 3.45. The van der Waals surface area contributed by atoms with Crippen LogP contribution in [0, 0.1) is 5.92 Å². The van der Waals surface area contributed by atoms with E-state index < -0.39 is 6.10 Å². The number of hydrogen-bond acceptors (Lipinski definition) is 4. The smallest absolute Gasteiger partial charge is 0.314 e. The lowest BCUT2D eigenvalue weighted by Gasteiger charge is -2.28. The van der Waals surface area contributed by atoms with Crippen LogP contribution in [0.3, 0.4) is 0 Å². The van der Waals surface area contributed by atoms with Gasteiger partial charge in [-0.2, -0.15) is 0 Å².